The largest absolute Gasteiger partial charge is 0.345 e. The van der Waals surface area contributed by atoms with Gasteiger partial charge in [0.25, 0.3) is 5.91 Å². The summed E-state index contributed by atoms with van der Waals surface area (Å²) in [5.74, 6) is 4.55. The predicted octanol–water partition coefficient (Wildman–Crippen LogP) is 2.40. The molecule has 0 aromatic rings. The van der Waals surface area contributed by atoms with Crippen molar-refractivity contribution in [3.8, 4) is 0 Å². The molecule has 0 aliphatic carbocycles. The molecule has 118 valence electrons. The van der Waals surface area contributed by atoms with Gasteiger partial charge in [0.1, 0.15) is 6.04 Å². The predicted molar refractivity (Wildman–Crippen MR) is 81.8 cm³/mol. The zero-order chi connectivity index (χ0) is 15.2. The number of carbonyl (C=O) groups excluding carboxylic acids is 2. The summed E-state index contributed by atoms with van der Waals surface area (Å²) in [5, 5.41) is 2.62. The summed E-state index contributed by atoms with van der Waals surface area (Å²) in [4.78, 5) is 22.7. The van der Waals surface area contributed by atoms with Crippen molar-refractivity contribution < 1.29 is 9.59 Å². The summed E-state index contributed by atoms with van der Waals surface area (Å²) in [6.07, 6.45) is 11.5. The highest BCUT2D eigenvalue weighted by molar-refractivity contribution is 5.86. The lowest BCUT2D eigenvalue weighted by molar-refractivity contribution is -0.128. The van der Waals surface area contributed by atoms with Gasteiger partial charge in [0, 0.05) is 6.42 Å². The lowest BCUT2D eigenvalue weighted by Crippen LogP contribution is -2.47. The van der Waals surface area contributed by atoms with Crippen molar-refractivity contribution in [1.82, 2.24) is 10.7 Å². The van der Waals surface area contributed by atoms with E-state index in [-0.39, 0.29) is 11.8 Å². The molecule has 0 rings (SSSR count). The number of carbonyl (C=O) groups is 2. The molecule has 20 heavy (non-hydrogen) atoms. The van der Waals surface area contributed by atoms with E-state index in [0.717, 1.165) is 12.8 Å². The van der Waals surface area contributed by atoms with Gasteiger partial charge in [0.15, 0.2) is 0 Å². The summed E-state index contributed by atoms with van der Waals surface area (Å²) in [6.45, 7) is 3.85. The van der Waals surface area contributed by atoms with E-state index in [4.69, 9.17) is 5.84 Å². The minimum absolute atomic E-state index is 0.0796. The lowest BCUT2D eigenvalue weighted by atomic mass is 10.1. The van der Waals surface area contributed by atoms with Gasteiger partial charge < -0.3 is 5.32 Å². The molecule has 0 saturated carbocycles. The number of unbranched alkanes of at least 4 members (excludes halogenated alkanes) is 8. The number of nitrogens with two attached hydrogens (primary N) is 1. The molecule has 0 radical (unpaired) electrons. The van der Waals surface area contributed by atoms with Gasteiger partial charge >= 0.3 is 0 Å². The Hall–Kier alpha value is -1.10. The fraction of sp³-hybridized carbons (Fsp3) is 0.867. The number of hydrogen-bond donors (Lipinski definition) is 3. The second-order valence-corrected chi connectivity index (χ2v) is 5.38. The van der Waals surface area contributed by atoms with Gasteiger partial charge in [-0.2, -0.15) is 0 Å². The molecule has 5 heteroatoms. The Morgan fingerprint density at radius 3 is 1.95 bits per heavy atom. The Balaban J connectivity index is 3.37. The van der Waals surface area contributed by atoms with E-state index in [0.29, 0.717) is 6.42 Å². The Bertz CT molecular complexity index is 270. The molecule has 0 saturated heterocycles. The van der Waals surface area contributed by atoms with Crippen LogP contribution in [-0.2, 0) is 9.59 Å². The van der Waals surface area contributed by atoms with Crippen molar-refractivity contribution in [2.75, 3.05) is 0 Å². The van der Waals surface area contributed by atoms with E-state index in [1.165, 1.54) is 44.9 Å². The van der Waals surface area contributed by atoms with E-state index in [9.17, 15) is 9.59 Å². The molecule has 0 aromatic heterocycles. The van der Waals surface area contributed by atoms with Gasteiger partial charge in [0.2, 0.25) is 5.91 Å². The van der Waals surface area contributed by atoms with E-state index in [2.05, 4.69) is 12.2 Å². The molecule has 0 spiro atoms. The van der Waals surface area contributed by atoms with E-state index >= 15 is 0 Å². The summed E-state index contributed by atoms with van der Waals surface area (Å²) in [6, 6.07) is -0.564. The standard InChI is InChI=1S/C15H31N3O2/c1-3-4-5-6-7-8-9-10-11-12-14(19)17-13(2)15(20)18-16/h13H,3-12,16H2,1-2H3,(H,17,19)(H,18,20)/t13-/m0/s1. The van der Waals surface area contributed by atoms with Crippen molar-refractivity contribution in [3.05, 3.63) is 0 Å². The highest BCUT2D eigenvalue weighted by Crippen LogP contribution is 2.10. The Kier molecular flexibility index (Phi) is 12.2. The summed E-state index contributed by atoms with van der Waals surface area (Å²) < 4.78 is 0. The van der Waals surface area contributed by atoms with Gasteiger partial charge in [-0.3, -0.25) is 15.0 Å². The van der Waals surface area contributed by atoms with Gasteiger partial charge in [-0.15, -0.1) is 0 Å². The average molecular weight is 285 g/mol. The average Bonchev–Trinajstić information content (AvgIpc) is 2.44. The maximum atomic E-state index is 11.5. The molecule has 0 aliphatic rings. The first-order valence-corrected chi connectivity index (χ1v) is 7.91. The molecule has 0 unspecified atom stereocenters. The van der Waals surface area contributed by atoms with Crippen LogP contribution < -0.4 is 16.6 Å². The van der Waals surface area contributed by atoms with Gasteiger partial charge in [-0.1, -0.05) is 58.3 Å². The third-order valence-corrected chi connectivity index (χ3v) is 3.42. The molecule has 5 nitrogen and oxygen atoms in total. The first kappa shape index (κ1) is 18.9. The summed E-state index contributed by atoms with van der Waals surface area (Å²) >= 11 is 0. The van der Waals surface area contributed by atoms with E-state index < -0.39 is 6.04 Å². The number of amides is 2. The van der Waals surface area contributed by atoms with Crippen LogP contribution >= 0.6 is 0 Å². The van der Waals surface area contributed by atoms with Crippen LogP contribution in [0.3, 0.4) is 0 Å². The normalized spacial score (nSPS) is 11.9. The SMILES string of the molecule is CCCCCCCCCCCC(=O)N[C@@H](C)C(=O)NN. The van der Waals surface area contributed by atoms with Crippen LogP contribution in [0.4, 0.5) is 0 Å². The highest BCUT2D eigenvalue weighted by atomic mass is 16.2. The molecule has 0 bridgehead atoms. The Morgan fingerprint density at radius 1 is 0.950 bits per heavy atom. The number of hydrazine groups is 1. The summed E-state index contributed by atoms with van der Waals surface area (Å²) in [7, 11) is 0. The molecule has 2 amide bonds. The molecule has 1 atom stereocenters. The first-order chi connectivity index (χ1) is 9.61. The molecule has 0 fully saturated rings. The van der Waals surface area contributed by atoms with Crippen molar-refractivity contribution in [2.45, 2.75) is 84.1 Å². The van der Waals surface area contributed by atoms with E-state index in [1.54, 1.807) is 6.92 Å². The highest BCUT2D eigenvalue weighted by Gasteiger charge is 2.13. The minimum Gasteiger partial charge on any atom is -0.345 e. The third-order valence-electron chi connectivity index (χ3n) is 3.42. The summed E-state index contributed by atoms with van der Waals surface area (Å²) in [5.41, 5.74) is 2.02. The van der Waals surface area contributed by atoms with Gasteiger partial charge in [-0.05, 0) is 13.3 Å². The molecule has 0 aromatic carbocycles. The molecular weight excluding hydrogens is 254 g/mol. The topological polar surface area (TPSA) is 84.2 Å². The number of hydrogen-bond acceptors (Lipinski definition) is 3. The van der Waals surface area contributed by atoms with Crippen LogP contribution in [-0.4, -0.2) is 17.9 Å². The van der Waals surface area contributed by atoms with E-state index in [1.807, 2.05) is 5.43 Å². The minimum atomic E-state index is -0.564. The molecule has 0 aliphatic heterocycles. The second-order valence-electron chi connectivity index (χ2n) is 5.38. The zero-order valence-electron chi connectivity index (χ0n) is 13.0. The smallest absolute Gasteiger partial charge is 0.256 e. The van der Waals surface area contributed by atoms with Crippen LogP contribution in [0.15, 0.2) is 0 Å². The van der Waals surface area contributed by atoms with Crippen molar-refractivity contribution >= 4 is 11.8 Å². The van der Waals surface area contributed by atoms with Crippen LogP contribution in [0.5, 0.6) is 0 Å². The third kappa shape index (κ3) is 10.8. The molecule has 4 N–H and O–H groups in total. The fourth-order valence-corrected chi connectivity index (χ4v) is 2.10. The monoisotopic (exact) mass is 285 g/mol. The van der Waals surface area contributed by atoms with Gasteiger partial charge in [0.05, 0.1) is 0 Å². The lowest BCUT2D eigenvalue weighted by Gasteiger charge is -2.11. The first-order valence-electron chi connectivity index (χ1n) is 7.91. The Morgan fingerprint density at radius 2 is 1.45 bits per heavy atom. The van der Waals surface area contributed by atoms with Crippen LogP contribution in [0, 0.1) is 0 Å². The fourth-order valence-electron chi connectivity index (χ4n) is 2.10. The van der Waals surface area contributed by atoms with Crippen LogP contribution in [0.1, 0.15) is 78.1 Å². The second kappa shape index (κ2) is 12.9. The van der Waals surface area contributed by atoms with Crippen molar-refractivity contribution in [3.63, 3.8) is 0 Å². The number of rotatable bonds is 12. The van der Waals surface area contributed by atoms with Crippen molar-refractivity contribution in [1.29, 1.82) is 0 Å². The van der Waals surface area contributed by atoms with Crippen molar-refractivity contribution in [2.24, 2.45) is 5.84 Å². The quantitative estimate of drug-likeness (QED) is 0.223. The molecular formula is C15H31N3O2. The molecule has 0 heterocycles. The number of nitrogens with one attached hydrogen (secondary N) is 2. The maximum Gasteiger partial charge on any atom is 0.256 e. The van der Waals surface area contributed by atoms with Crippen LogP contribution in [0.2, 0.25) is 0 Å². The maximum absolute atomic E-state index is 11.5. The zero-order valence-corrected chi connectivity index (χ0v) is 13.0. The van der Waals surface area contributed by atoms with Crippen LogP contribution in [0.25, 0.3) is 0 Å². The Labute approximate surface area is 123 Å². The van der Waals surface area contributed by atoms with Gasteiger partial charge in [-0.25, -0.2) is 5.84 Å².